The Morgan fingerprint density at radius 3 is 2.55 bits per heavy atom. The number of carbonyl (C=O) groups is 2. The fourth-order valence-electron chi connectivity index (χ4n) is 3.89. The van der Waals surface area contributed by atoms with Crippen molar-refractivity contribution in [2.45, 2.75) is 26.2 Å². The number of amides is 2. The number of primary amides is 1. The van der Waals surface area contributed by atoms with Gasteiger partial charge in [0.15, 0.2) is 0 Å². The fraction of sp³-hybridized carbons (Fsp3) is 0.261. The van der Waals surface area contributed by atoms with Gasteiger partial charge in [0.2, 0.25) is 5.91 Å². The number of benzene rings is 2. The van der Waals surface area contributed by atoms with Crippen molar-refractivity contribution in [1.82, 2.24) is 4.98 Å². The van der Waals surface area contributed by atoms with Crippen molar-refractivity contribution in [3.05, 3.63) is 65.4 Å². The molecule has 0 radical (unpaired) electrons. The van der Waals surface area contributed by atoms with Gasteiger partial charge in [-0.3, -0.25) is 14.6 Å². The molecule has 1 fully saturated rings. The van der Waals surface area contributed by atoms with Crippen molar-refractivity contribution in [2.24, 2.45) is 5.73 Å². The van der Waals surface area contributed by atoms with Gasteiger partial charge < -0.3 is 16.0 Å². The van der Waals surface area contributed by atoms with Crippen LogP contribution in [0.2, 0.25) is 0 Å². The van der Waals surface area contributed by atoms with Gasteiger partial charge in [-0.2, -0.15) is 0 Å². The highest BCUT2D eigenvalue weighted by Crippen LogP contribution is 2.31. The molecule has 2 heterocycles. The molecule has 0 atom stereocenters. The van der Waals surface area contributed by atoms with E-state index >= 15 is 0 Å². The summed E-state index contributed by atoms with van der Waals surface area (Å²) in [7, 11) is 0. The molecule has 0 spiro atoms. The van der Waals surface area contributed by atoms with Gasteiger partial charge in [-0.05, 0) is 56.5 Å². The number of carbonyl (C=O) groups excluding carboxylic acids is 2. The molecule has 3 N–H and O–H groups in total. The van der Waals surface area contributed by atoms with Crippen LogP contribution in [0.25, 0.3) is 10.9 Å². The first-order chi connectivity index (χ1) is 14.0. The molecule has 1 aliphatic heterocycles. The number of piperidine rings is 1. The summed E-state index contributed by atoms with van der Waals surface area (Å²) in [6.07, 6.45) is 3.43. The van der Waals surface area contributed by atoms with Gasteiger partial charge in [-0.15, -0.1) is 0 Å². The van der Waals surface area contributed by atoms with E-state index in [-0.39, 0.29) is 5.91 Å². The van der Waals surface area contributed by atoms with Crippen LogP contribution in [0, 0.1) is 6.92 Å². The normalized spacial score (nSPS) is 14.0. The molecule has 6 nitrogen and oxygen atoms in total. The Balaban J connectivity index is 1.74. The second kappa shape index (κ2) is 7.91. The summed E-state index contributed by atoms with van der Waals surface area (Å²) in [5.41, 5.74) is 9.47. The van der Waals surface area contributed by atoms with Crippen LogP contribution in [-0.2, 0) is 0 Å². The van der Waals surface area contributed by atoms with E-state index < -0.39 is 5.91 Å². The van der Waals surface area contributed by atoms with Crippen molar-refractivity contribution in [3.8, 4) is 0 Å². The second-order valence-electron chi connectivity index (χ2n) is 7.43. The predicted molar refractivity (Wildman–Crippen MR) is 115 cm³/mol. The Morgan fingerprint density at radius 2 is 1.79 bits per heavy atom. The molecule has 29 heavy (non-hydrogen) atoms. The molecule has 0 saturated carbocycles. The predicted octanol–water partition coefficient (Wildman–Crippen LogP) is 3.88. The number of pyridine rings is 1. The number of para-hydroxylation sites is 1. The maximum Gasteiger partial charge on any atom is 0.256 e. The van der Waals surface area contributed by atoms with E-state index in [4.69, 9.17) is 5.73 Å². The third kappa shape index (κ3) is 3.92. The first-order valence-electron chi connectivity index (χ1n) is 9.89. The number of nitrogens with zero attached hydrogens (tertiary/aromatic N) is 2. The lowest BCUT2D eigenvalue weighted by Crippen LogP contribution is -2.30. The van der Waals surface area contributed by atoms with Crippen molar-refractivity contribution >= 4 is 34.1 Å². The Labute approximate surface area is 169 Å². The molecule has 1 saturated heterocycles. The van der Waals surface area contributed by atoms with Gasteiger partial charge in [0, 0.05) is 29.7 Å². The Hall–Kier alpha value is -3.41. The molecule has 1 aliphatic rings. The lowest BCUT2D eigenvalue weighted by atomic mass is 10.1. The third-order valence-electron chi connectivity index (χ3n) is 5.31. The van der Waals surface area contributed by atoms with Crippen LogP contribution in [0.1, 0.15) is 45.7 Å². The molecule has 3 aromatic rings. The number of hydrogen-bond acceptors (Lipinski definition) is 4. The van der Waals surface area contributed by atoms with Crippen LogP contribution in [0.15, 0.2) is 48.5 Å². The van der Waals surface area contributed by atoms with Crippen LogP contribution >= 0.6 is 0 Å². The van der Waals surface area contributed by atoms with Gasteiger partial charge in [0.1, 0.15) is 0 Å². The highest BCUT2D eigenvalue weighted by atomic mass is 16.2. The van der Waals surface area contributed by atoms with Gasteiger partial charge in [0.05, 0.1) is 22.5 Å². The smallest absolute Gasteiger partial charge is 0.256 e. The van der Waals surface area contributed by atoms with E-state index in [1.807, 2.05) is 37.3 Å². The number of hydrogen-bond donors (Lipinski definition) is 2. The molecular formula is C23H24N4O2. The topological polar surface area (TPSA) is 88.3 Å². The molecule has 2 aromatic carbocycles. The summed E-state index contributed by atoms with van der Waals surface area (Å²) in [6.45, 7) is 3.72. The molecular weight excluding hydrogens is 364 g/mol. The fourth-order valence-corrected chi connectivity index (χ4v) is 3.89. The molecule has 2 amide bonds. The maximum atomic E-state index is 13.2. The van der Waals surface area contributed by atoms with Crippen molar-refractivity contribution in [2.75, 3.05) is 23.3 Å². The Bertz CT molecular complexity index is 1090. The summed E-state index contributed by atoms with van der Waals surface area (Å²) in [5.74, 6) is -0.748. The largest absolute Gasteiger partial charge is 0.370 e. The molecule has 0 bridgehead atoms. The van der Waals surface area contributed by atoms with E-state index in [0.29, 0.717) is 16.8 Å². The van der Waals surface area contributed by atoms with Gasteiger partial charge in [0.25, 0.3) is 5.91 Å². The average molecular weight is 388 g/mol. The van der Waals surface area contributed by atoms with Crippen molar-refractivity contribution < 1.29 is 9.59 Å². The number of rotatable bonds is 4. The quantitative estimate of drug-likeness (QED) is 0.710. The number of anilines is 2. The standard InChI is InChI=1S/C23H24N4O2/c1-15-13-18(17-7-3-4-8-19(17)25-15)23(29)26-20-14-16(22(24)28)9-10-21(20)27-11-5-2-6-12-27/h3-4,7-10,13-14H,2,5-6,11-12H2,1H3,(H2,24,28)(H,26,29). The SMILES string of the molecule is Cc1cc(C(=O)Nc2cc(C(N)=O)ccc2N2CCCCC2)c2ccccc2n1. The van der Waals surface area contributed by atoms with Gasteiger partial charge in [-0.25, -0.2) is 0 Å². The van der Waals surface area contributed by atoms with E-state index in [2.05, 4.69) is 15.2 Å². The number of fused-ring (bicyclic) bond motifs is 1. The minimum Gasteiger partial charge on any atom is -0.370 e. The van der Waals surface area contributed by atoms with Crippen LogP contribution in [0.3, 0.4) is 0 Å². The monoisotopic (exact) mass is 388 g/mol. The molecule has 1 aromatic heterocycles. The van der Waals surface area contributed by atoms with E-state index in [0.717, 1.165) is 48.2 Å². The van der Waals surface area contributed by atoms with E-state index in [9.17, 15) is 9.59 Å². The summed E-state index contributed by atoms with van der Waals surface area (Å²) >= 11 is 0. The van der Waals surface area contributed by atoms with Crippen LogP contribution < -0.4 is 16.0 Å². The Morgan fingerprint density at radius 1 is 1.03 bits per heavy atom. The zero-order valence-corrected chi connectivity index (χ0v) is 16.4. The minimum absolute atomic E-state index is 0.230. The Kier molecular flexibility index (Phi) is 5.16. The van der Waals surface area contributed by atoms with Crippen molar-refractivity contribution in [1.29, 1.82) is 0 Å². The molecule has 0 unspecified atom stereocenters. The first kappa shape index (κ1) is 18.9. The lowest BCUT2D eigenvalue weighted by Gasteiger charge is -2.30. The minimum atomic E-state index is -0.518. The third-order valence-corrected chi connectivity index (χ3v) is 5.31. The van der Waals surface area contributed by atoms with E-state index in [1.165, 1.54) is 6.42 Å². The van der Waals surface area contributed by atoms with Crippen LogP contribution in [0.4, 0.5) is 11.4 Å². The van der Waals surface area contributed by atoms with E-state index in [1.54, 1.807) is 18.2 Å². The number of nitrogens with one attached hydrogen (secondary N) is 1. The number of aromatic nitrogens is 1. The molecule has 6 heteroatoms. The zero-order valence-electron chi connectivity index (χ0n) is 16.4. The second-order valence-corrected chi connectivity index (χ2v) is 7.43. The summed E-state index contributed by atoms with van der Waals surface area (Å²) < 4.78 is 0. The summed E-state index contributed by atoms with van der Waals surface area (Å²) in [5, 5.41) is 3.82. The van der Waals surface area contributed by atoms with Crippen LogP contribution in [0.5, 0.6) is 0 Å². The maximum absolute atomic E-state index is 13.2. The highest BCUT2D eigenvalue weighted by molar-refractivity contribution is 6.13. The van der Waals surface area contributed by atoms with Crippen molar-refractivity contribution in [3.63, 3.8) is 0 Å². The molecule has 148 valence electrons. The average Bonchev–Trinajstić information content (AvgIpc) is 2.73. The first-order valence-corrected chi connectivity index (χ1v) is 9.89. The van der Waals surface area contributed by atoms with Gasteiger partial charge >= 0.3 is 0 Å². The lowest BCUT2D eigenvalue weighted by molar-refractivity contribution is 0.0996. The number of nitrogens with two attached hydrogens (primary N) is 1. The molecule has 4 rings (SSSR count). The summed E-state index contributed by atoms with van der Waals surface area (Å²) in [6, 6.07) is 14.6. The number of aryl methyl sites for hydroxylation is 1. The van der Waals surface area contributed by atoms with Crippen LogP contribution in [-0.4, -0.2) is 29.9 Å². The highest BCUT2D eigenvalue weighted by Gasteiger charge is 2.19. The zero-order chi connectivity index (χ0) is 20.4. The summed E-state index contributed by atoms with van der Waals surface area (Å²) in [4.78, 5) is 31.7. The molecule has 0 aliphatic carbocycles. The van der Waals surface area contributed by atoms with Gasteiger partial charge in [-0.1, -0.05) is 18.2 Å².